The summed E-state index contributed by atoms with van der Waals surface area (Å²) in [5.41, 5.74) is 2.97. The molecule has 2 aromatic heterocycles. The minimum absolute atomic E-state index is 0.125. The Labute approximate surface area is 173 Å². The molecule has 0 aliphatic rings. The summed E-state index contributed by atoms with van der Waals surface area (Å²) >= 11 is 1.30. The fraction of sp³-hybridized carbons (Fsp3) is 0.238. The summed E-state index contributed by atoms with van der Waals surface area (Å²) in [5, 5.41) is 9.18. The summed E-state index contributed by atoms with van der Waals surface area (Å²) in [7, 11) is 1.32. The average molecular weight is 410 g/mol. The first-order valence-electron chi connectivity index (χ1n) is 9.00. The number of nitrogens with one attached hydrogen (secondary N) is 1. The number of aryl methyl sites for hydroxylation is 1. The molecule has 150 valence electrons. The number of hydrogen-bond acceptors (Lipinski definition) is 6. The first-order chi connectivity index (χ1) is 14.0. The monoisotopic (exact) mass is 410 g/mol. The van der Waals surface area contributed by atoms with Gasteiger partial charge in [0.2, 0.25) is 0 Å². The highest BCUT2D eigenvalue weighted by Crippen LogP contribution is 2.26. The Morgan fingerprint density at radius 1 is 1.24 bits per heavy atom. The first kappa shape index (κ1) is 20.6. The van der Waals surface area contributed by atoms with E-state index in [1.54, 1.807) is 19.9 Å². The number of rotatable bonds is 8. The molecular formula is C21H22N4O3S. The number of ketones is 1. The van der Waals surface area contributed by atoms with Gasteiger partial charge in [0.15, 0.2) is 16.8 Å². The molecule has 0 spiro atoms. The minimum atomic E-state index is -0.457. The van der Waals surface area contributed by atoms with Gasteiger partial charge >= 0.3 is 5.97 Å². The van der Waals surface area contributed by atoms with Gasteiger partial charge in [0, 0.05) is 17.8 Å². The van der Waals surface area contributed by atoms with E-state index in [-0.39, 0.29) is 11.5 Å². The zero-order valence-corrected chi connectivity index (χ0v) is 17.4. The third-order valence-corrected chi connectivity index (χ3v) is 5.47. The quantitative estimate of drug-likeness (QED) is 0.263. The molecule has 0 aliphatic heterocycles. The third kappa shape index (κ3) is 4.17. The van der Waals surface area contributed by atoms with Crippen LogP contribution < -0.4 is 0 Å². The van der Waals surface area contributed by atoms with Crippen LogP contribution in [0.2, 0.25) is 0 Å². The Balaban J connectivity index is 1.82. The number of ether oxygens (including phenoxy) is 1. The topological polar surface area (TPSA) is 89.9 Å². The Hall–Kier alpha value is -3.13. The molecule has 3 rings (SSSR count). The van der Waals surface area contributed by atoms with Crippen molar-refractivity contribution in [2.45, 2.75) is 25.5 Å². The number of aromatic nitrogens is 4. The number of carbonyl (C=O) groups excluding carboxylic acids is 2. The summed E-state index contributed by atoms with van der Waals surface area (Å²) in [6.45, 7) is 7.81. The van der Waals surface area contributed by atoms with Crippen molar-refractivity contribution in [1.29, 1.82) is 0 Å². The molecule has 0 saturated carbocycles. The molecule has 0 atom stereocenters. The van der Waals surface area contributed by atoms with Crippen LogP contribution in [0, 0.1) is 13.8 Å². The lowest BCUT2D eigenvalue weighted by molar-refractivity contribution is 0.0599. The number of Topliss-reactive ketones (excluding diaryl/α,β-unsaturated/α-hetero) is 1. The van der Waals surface area contributed by atoms with Gasteiger partial charge in [0.1, 0.15) is 0 Å². The van der Waals surface area contributed by atoms with Gasteiger partial charge in [-0.15, -0.1) is 16.8 Å². The van der Waals surface area contributed by atoms with E-state index in [0.717, 1.165) is 11.4 Å². The maximum atomic E-state index is 12.8. The van der Waals surface area contributed by atoms with Crippen molar-refractivity contribution < 1.29 is 14.3 Å². The van der Waals surface area contributed by atoms with Crippen LogP contribution in [-0.4, -0.2) is 44.4 Å². The van der Waals surface area contributed by atoms with Crippen molar-refractivity contribution in [2.24, 2.45) is 0 Å². The normalized spacial score (nSPS) is 10.7. The van der Waals surface area contributed by atoms with Crippen LogP contribution in [0.25, 0.3) is 11.4 Å². The van der Waals surface area contributed by atoms with E-state index in [4.69, 9.17) is 4.74 Å². The fourth-order valence-corrected chi connectivity index (χ4v) is 3.95. The lowest BCUT2D eigenvalue weighted by atomic mass is 10.1. The molecule has 0 bridgehead atoms. The standard InChI is InChI=1S/C21H22N4O3S/c1-5-11-25-19(15-9-7-6-8-10-15)23-24-21(25)29-12-16(26)18-13(2)17(14(3)22-18)20(27)28-4/h5-10,22H,1,11-12H2,2-4H3. The average Bonchev–Trinajstić information content (AvgIpc) is 3.26. The predicted molar refractivity (Wildman–Crippen MR) is 112 cm³/mol. The van der Waals surface area contributed by atoms with Crippen LogP contribution in [0.5, 0.6) is 0 Å². The van der Waals surface area contributed by atoms with Gasteiger partial charge in [0.05, 0.1) is 24.1 Å². The molecule has 0 fully saturated rings. The Morgan fingerprint density at radius 3 is 2.62 bits per heavy atom. The molecule has 0 radical (unpaired) electrons. The largest absolute Gasteiger partial charge is 0.465 e. The molecule has 0 unspecified atom stereocenters. The second kappa shape index (κ2) is 8.91. The van der Waals surface area contributed by atoms with Crippen molar-refractivity contribution in [3.05, 3.63) is 65.5 Å². The number of methoxy groups -OCH3 is 1. The number of benzene rings is 1. The van der Waals surface area contributed by atoms with Crippen molar-refractivity contribution in [2.75, 3.05) is 12.9 Å². The fourth-order valence-electron chi connectivity index (χ4n) is 3.13. The number of esters is 1. The lowest BCUT2D eigenvalue weighted by Gasteiger charge is -2.07. The number of thioether (sulfide) groups is 1. The molecule has 1 N–H and O–H groups in total. The maximum absolute atomic E-state index is 12.8. The SMILES string of the molecule is C=CCn1c(SCC(=O)c2[nH]c(C)c(C(=O)OC)c2C)nnc1-c1ccccc1. The number of nitrogens with zero attached hydrogens (tertiary/aromatic N) is 3. The van der Waals surface area contributed by atoms with Crippen molar-refractivity contribution in [1.82, 2.24) is 19.7 Å². The Bertz CT molecular complexity index is 1050. The van der Waals surface area contributed by atoms with Crippen LogP contribution in [0.15, 0.2) is 48.1 Å². The maximum Gasteiger partial charge on any atom is 0.339 e. The second-order valence-corrected chi connectivity index (χ2v) is 7.34. The van der Waals surface area contributed by atoms with Crippen LogP contribution in [0.3, 0.4) is 0 Å². The highest BCUT2D eigenvalue weighted by Gasteiger charge is 2.23. The van der Waals surface area contributed by atoms with Gasteiger partial charge in [-0.1, -0.05) is 48.2 Å². The predicted octanol–water partition coefficient (Wildman–Crippen LogP) is 3.84. The summed E-state index contributed by atoms with van der Waals surface area (Å²) in [6.07, 6.45) is 1.77. The first-order valence-corrected chi connectivity index (χ1v) is 9.99. The van der Waals surface area contributed by atoms with Gasteiger partial charge < -0.3 is 9.72 Å². The molecule has 29 heavy (non-hydrogen) atoms. The highest BCUT2D eigenvalue weighted by atomic mass is 32.2. The van der Waals surface area contributed by atoms with E-state index < -0.39 is 5.97 Å². The highest BCUT2D eigenvalue weighted by molar-refractivity contribution is 7.99. The molecule has 2 heterocycles. The number of aromatic amines is 1. The number of hydrogen-bond donors (Lipinski definition) is 1. The molecular weight excluding hydrogens is 388 g/mol. The lowest BCUT2D eigenvalue weighted by Crippen LogP contribution is -2.08. The summed E-state index contributed by atoms with van der Waals surface area (Å²) in [6, 6.07) is 9.74. The molecule has 0 saturated heterocycles. The summed E-state index contributed by atoms with van der Waals surface area (Å²) in [5.74, 6) is 0.299. The summed E-state index contributed by atoms with van der Waals surface area (Å²) in [4.78, 5) is 27.7. The van der Waals surface area contributed by atoms with E-state index in [9.17, 15) is 9.59 Å². The van der Waals surface area contributed by atoms with Crippen LogP contribution in [0.1, 0.15) is 32.1 Å². The third-order valence-electron chi connectivity index (χ3n) is 4.50. The molecule has 1 aromatic carbocycles. The molecule has 8 heteroatoms. The minimum Gasteiger partial charge on any atom is -0.465 e. The van der Waals surface area contributed by atoms with Crippen LogP contribution >= 0.6 is 11.8 Å². The van der Waals surface area contributed by atoms with Gasteiger partial charge in [-0.2, -0.15) is 0 Å². The van der Waals surface area contributed by atoms with E-state index in [0.29, 0.717) is 34.2 Å². The van der Waals surface area contributed by atoms with Crippen molar-refractivity contribution in [3.63, 3.8) is 0 Å². The van der Waals surface area contributed by atoms with E-state index in [1.807, 2.05) is 34.9 Å². The Kier molecular flexibility index (Phi) is 6.33. The number of H-pyrrole nitrogens is 1. The zero-order chi connectivity index (χ0) is 21.0. The Morgan fingerprint density at radius 2 is 1.97 bits per heavy atom. The molecule has 3 aromatic rings. The van der Waals surface area contributed by atoms with Crippen molar-refractivity contribution in [3.8, 4) is 11.4 Å². The zero-order valence-electron chi connectivity index (χ0n) is 16.6. The van der Waals surface area contributed by atoms with Gasteiger partial charge in [-0.3, -0.25) is 9.36 Å². The van der Waals surface area contributed by atoms with Crippen molar-refractivity contribution >= 4 is 23.5 Å². The number of allylic oxidation sites excluding steroid dienone is 1. The summed E-state index contributed by atoms with van der Waals surface area (Å²) < 4.78 is 6.72. The van der Waals surface area contributed by atoms with Gasteiger partial charge in [-0.25, -0.2) is 4.79 Å². The molecule has 7 nitrogen and oxygen atoms in total. The van der Waals surface area contributed by atoms with Gasteiger partial charge in [0.25, 0.3) is 0 Å². The molecule has 0 aliphatic carbocycles. The van der Waals surface area contributed by atoms with E-state index in [2.05, 4.69) is 21.8 Å². The smallest absolute Gasteiger partial charge is 0.339 e. The van der Waals surface area contributed by atoms with Crippen LogP contribution in [-0.2, 0) is 11.3 Å². The molecule has 0 amide bonds. The van der Waals surface area contributed by atoms with E-state index in [1.165, 1.54) is 18.9 Å². The second-order valence-electron chi connectivity index (χ2n) is 6.40. The van der Waals surface area contributed by atoms with E-state index >= 15 is 0 Å². The number of carbonyl (C=O) groups is 2. The van der Waals surface area contributed by atoms with Gasteiger partial charge in [-0.05, 0) is 19.4 Å². The van der Waals surface area contributed by atoms with Crippen LogP contribution in [0.4, 0.5) is 0 Å².